The van der Waals surface area contributed by atoms with Crippen molar-refractivity contribution in [2.24, 2.45) is 0 Å². The van der Waals surface area contributed by atoms with Gasteiger partial charge in [0.15, 0.2) is 0 Å². The standard InChI is InChI=1S/C4H8O.3Na/c1-3-4(2)5;;;/h5H,2-3H2,1H3;;;. The summed E-state index contributed by atoms with van der Waals surface area (Å²) in [5, 5.41) is 8.17. The summed E-state index contributed by atoms with van der Waals surface area (Å²) in [6.07, 6.45) is 0.667. The van der Waals surface area contributed by atoms with E-state index in [4.69, 9.17) is 5.11 Å². The quantitative estimate of drug-likeness (QED) is 0.412. The monoisotopic (exact) mass is 141 g/mol. The van der Waals surface area contributed by atoms with Crippen molar-refractivity contribution < 1.29 is 5.11 Å². The predicted molar refractivity (Wildman–Crippen MR) is 39.3 cm³/mol. The van der Waals surface area contributed by atoms with Crippen molar-refractivity contribution in [1.82, 2.24) is 0 Å². The molecule has 0 aromatic heterocycles. The van der Waals surface area contributed by atoms with Gasteiger partial charge in [0.05, 0.1) is 5.76 Å². The van der Waals surface area contributed by atoms with Crippen LogP contribution in [0, 0.1) is 0 Å². The van der Waals surface area contributed by atoms with Gasteiger partial charge in [0, 0.05) is 95.1 Å². The van der Waals surface area contributed by atoms with Crippen LogP contribution in [-0.4, -0.2) is 93.8 Å². The molecule has 4 heteroatoms. The fraction of sp³-hybridized carbons (Fsp3) is 0.500. The van der Waals surface area contributed by atoms with Crippen LogP contribution < -0.4 is 0 Å². The number of hydrogen-bond acceptors (Lipinski definition) is 1. The van der Waals surface area contributed by atoms with Crippen LogP contribution in [0.4, 0.5) is 0 Å². The molecule has 0 aliphatic heterocycles. The molecule has 8 heavy (non-hydrogen) atoms. The molecule has 0 aliphatic rings. The first-order valence-corrected chi connectivity index (χ1v) is 1.64. The topological polar surface area (TPSA) is 20.2 Å². The maximum absolute atomic E-state index is 8.17. The maximum atomic E-state index is 8.17. The Morgan fingerprint density at radius 2 is 1.50 bits per heavy atom. The van der Waals surface area contributed by atoms with E-state index in [1.165, 1.54) is 0 Å². The molecule has 0 saturated carbocycles. The fourth-order valence-corrected chi connectivity index (χ4v) is 0. The minimum atomic E-state index is 0. The minimum Gasteiger partial charge on any atom is -0.513 e. The Kier molecular flexibility index (Phi) is 45.6. The van der Waals surface area contributed by atoms with Crippen LogP contribution in [0.3, 0.4) is 0 Å². The first-order chi connectivity index (χ1) is 2.27. The molecule has 0 atom stereocenters. The van der Waals surface area contributed by atoms with Crippen molar-refractivity contribution in [2.45, 2.75) is 13.3 Å². The van der Waals surface area contributed by atoms with Gasteiger partial charge >= 0.3 is 0 Å². The van der Waals surface area contributed by atoms with E-state index >= 15 is 0 Å². The van der Waals surface area contributed by atoms with Crippen LogP contribution in [0.2, 0.25) is 0 Å². The summed E-state index contributed by atoms with van der Waals surface area (Å²) in [7, 11) is 0. The van der Waals surface area contributed by atoms with Crippen molar-refractivity contribution in [3.8, 4) is 0 Å². The van der Waals surface area contributed by atoms with Crippen molar-refractivity contribution in [2.75, 3.05) is 0 Å². The molecule has 33 valence electrons. The summed E-state index contributed by atoms with van der Waals surface area (Å²) in [6, 6.07) is 0. The summed E-state index contributed by atoms with van der Waals surface area (Å²) in [4.78, 5) is 0. The van der Waals surface area contributed by atoms with Crippen LogP contribution >= 0.6 is 0 Å². The molecule has 0 amide bonds. The first-order valence-electron chi connectivity index (χ1n) is 1.64. The summed E-state index contributed by atoms with van der Waals surface area (Å²) >= 11 is 0. The van der Waals surface area contributed by atoms with Crippen molar-refractivity contribution in [1.29, 1.82) is 0 Å². The van der Waals surface area contributed by atoms with E-state index in [-0.39, 0.29) is 94.4 Å². The van der Waals surface area contributed by atoms with E-state index in [1.807, 2.05) is 6.92 Å². The number of rotatable bonds is 1. The molecule has 0 heterocycles. The summed E-state index contributed by atoms with van der Waals surface area (Å²) in [5.74, 6) is 0.255. The number of allylic oxidation sites excluding steroid dienone is 1. The molecule has 1 N–H and O–H groups in total. The Labute approximate surface area is 117 Å². The third-order valence-electron chi connectivity index (χ3n) is 0.408. The average molecular weight is 141 g/mol. The van der Waals surface area contributed by atoms with Gasteiger partial charge in [-0.2, -0.15) is 0 Å². The molecule has 0 bridgehead atoms. The van der Waals surface area contributed by atoms with Gasteiger partial charge < -0.3 is 5.11 Å². The summed E-state index contributed by atoms with van der Waals surface area (Å²) in [6.45, 7) is 5.08. The smallest absolute Gasteiger partial charge is 0.0848 e. The molecule has 0 saturated heterocycles. The zero-order valence-electron chi connectivity index (χ0n) is 6.36. The third kappa shape index (κ3) is 23.6. The summed E-state index contributed by atoms with van der Waals surface area (Å²) < 4.78 is 0. The van der Waals surface area contributed by atoms with E-state index in [0.29, 0.717) is 6.42 Å². The number of aliphatic hydroxyl groups is 1. The van der Waals surface area contributed by atoms with Crippen molar-refractivity contribution in [3.05, 3.63) is 12.3 Å². The Morgan fingerprint density at radius 3 is 1.50 bits per heavy atom. The second kappa shape index (κ2) is 16.3. The fourth-order valence-electron chi connectivity index (χ4n) is 0. The van der Waals surface area contributed by atoms with Crippen molar-refractivity contribution in [3.63, 3.8) is 0 Å². The van der Waals surface area contributed by atoms with Crippen LogP contribution in [-0.2, 0) is 0 Å². The minimum absolute atomic E-state index is 0. The second-order valence-corrected chi connectivity index (χ2v) is 0.920. The molecular weight excluding hydrogens is 133 g/mol. The number of aliphatic hydroxyl groups excluding tert-OH is 1. The Hall–Kier alpha value is 2.54. The third-order valence-corrected chi connectivity index (χ3v) is 0.408. The Morgan fingerprint density at radius 1 is 1.38 bits per heavy atom. The molecule has 0 aliphatic carbocycles. The van der Waals surface area contributed by atoms with E-state index < -0.39 is 0 Å². The largest absolute Gasteiger partial charge is 0.513 e. The van der Waals surface area contributed by atoms with E-state index in [1.54, 1.807) is 0 Å². The molecule has 0 fully saturated rings. The van der Waals surface area contributed by atoms with Gasteiger partial charge in [-0.3, -0.25) is 0 Å². The normalized spacial score (nSPS) is 4.62. The maximum Gasteiger partial charge on any atom is 0.0848 e. The predicted octanol–water partition coefficient (Wildman–Crippen LogP) is 0.326. The van der Waals surface area contributed by atoms with Gasteiger partial charge in [0.25, 0.3) is 0 Å². The number of hydrogen-bond donors (Lipinski definition) is 1. The molecule has 0 aromatic carbocycles. The Bertz CT molecular complexity index is 46.5. The van der Waals surface area contributed by atoms with E-state index in [0.717, 1.165) is 0 Å². The van der Waals surface area contributed by atoms with Gasteiger partial charge in [-0.15, -0.1) is 0 Å². The van der Waals surface area contributed by atoms with Crippen molar-refractivity contribution >= 4 is 88.7 Å². The summed E-state index contributed by atoms with van der Waals surface area (Å²) in [5.41, 5.74) is 0. The Balaban J connectivity index is -0.0000000267. The van der Waals surface area contributed by atoms with Gasteiger partial charge in [-0.05, 0) is 0 Å². The van der Waals surface area contributed by atoms with Crippen LogP contribution in [0.25, 0.3) is 0 Å². The molecule has 0 aromatic rings. The molecule has 1 nitrogen and oxygen atoms in total. The van der Waals surface area contributed by atoms with Gasteiger partial charge in [0.2, 0.25) is 0 Å². The van der Waals surface area contributed by atoms with E-state index in [2.05, 4.69) is 6.58 Å². The molecule has 3 radical (unpaired) electrons. The average Bonchev–Trinajstić information content (AvgIpc) is 1.38. The zero-order valence-corrected chi connectivity index (χ0v) is 12.4. The van der Waals surface area contributed by atoms with Crippen LogP contribution in [0.5, 0.6) is 0 Å². The van der Waals surface area contributed by atoms with E-state index in [9.17, 15) is 0 Å². The second-order valence-electron chi connectivity index (χ2n) is 0.920. The molecular formula is C4H8Na3O. The molecule has 0 rings (SSSR count). The molecule has 0 unspecified atom stereocenters. The molecule has 0 spiro atoms. The van der Waals surface area contributed by atoms with Gasteiger partial charge in [0.1, 0.15) is 0 Å². The van der Waals surface area contributed by atoms with Crippen LogP contribution in [0.15, 0.2) is 12.3 Å². The van der Waals surface area contributed by atoms with Gasteiger partial charge in [-0.25, -0.2) is 0 Å². The zero-order chi connectivity index (χ0) is 4.28. The SMILES string of the molecule is C=C(O)CC.[Na].[Na].[Na]. The van der Waals surface area contributed by atoms with Gasteiger partial charge in [-0.1, -0.05) is 13.5 Å². The first kappa shape index (κ1) is 22.4. The van der Waals surface area contributed by atoms with Crippen LogP contribution in [0.1, 0.15) is 13.3 Å².